The average molecular weight is 171 g/mol. The van der Waals surface area contributed by atoms with E-state index in [4.69, 9.17) is 0 Å². The van der Waals surface area contributed by atoms with Crippen molar-refractivity contribution in [3.63, 3.8) is 0 Å². The molecule has 0 aromatic rings. The molecule has 0 aliphatic rings. The molecule has 0 fully saturated rings. The van der Waals surface area contributed by atoms with Crippen molar-refractivity contribution in [2.45, 2.75) is 27.2 Å². The van der Waals surface area contributed by atoms with Gasteiger partial charge in [-0.15, -0.1) is 0 Å². The zero-order valence-electron chi connectivity index (χ0n) is 8.23. The first-order valence-corrected chi connectivity index (χ1v) is 4.19. The highest BCUT2D eigenvalue weighted by molar-refractivity contribution is 5.88. The van der Waals surface area contributed by atoms with Crippen LogP contribution in [0.3, 0.4) is 0 Å². The molecule has 1 N–H and O–H groups in total. The first-order chi connectivity index (χ1) is 5.67. The molecule has 0 saturated heterocycles. The SMILES string of the molecule is CCNC(CC)=C(C)C(=O)OC. The molecule has 0 spiro atoms. The third-order valence-electron chi connectivity index (χ3n) is 1.69. The second-order valence-corrected chi connectivity index (χ2v) is 2.48. The zero-order chi connectivity index (χ0) is 9.56. The van der Waals surface area contributed by atoms with E-state index in [9.17, 15) is 4.79 Å². The van der Waals surface area contributed by atoms with Crippen LogP contribution in [-0.4, -0.2) is 19.6 Å². The van der Waals surface area contributed by atoms with E-state index in [1.807, 2.05) is 13.8 Å². The highest BCUT2D eigenvalue weighted by Crippen LogP contribution is 2.05. The van der Waals surface area contributed by atoms with Crippen LogP contribution in [-0.2, 0) is 9.53 Å². The number of hydrogen-bond acceptors (Lipinski definition) is 3. The van der Waals surface area contributed by atoms with Crippen molar-refractivity contribution in [2.24, 2.45) is 0 Å². The number of carbonyl (C=O) groups is 1. The van der Waals surface area contributed by atoms with Crippen molar-refractivity contribution in [3.05, 3.63) is 11.3 Å². The van der Waals surface area contributed by atoms with E-state index in [0.29, 0.717) is 5.57 Å². The van der Waals surface area contributed by atoms with Gasteiger partial charge < -0.3 is 10.1 Å². The zero-order valence-corrected chi connectivity index (χ0v) is 8.23. The van der Waals surface area contributed by atoms with Gasteiger partial charge in [-0.3, -0.25) is 0 Å². The Labute approximate surface area is 73.8 Å². The fourth-order valence-electron chi connectivity index (χ4n) is 1.01. The van der Waals surface area contributed by atoms with Gasteiger partial charge >= 0.3 is 5.97 Å². The lowest BCUT2D eigenvalue weighted by molar-refractivity contribution is -0.136. The number of methoxy groups -OCH3 is 1. The van der Waals surface area contributed by atoms with E-state index in [0.717, 1.165) is 18.7 Å². The summed E-state index contributed by atoms with van der Waals surface area (Å²) in [4.78, 5) is 11.1. The predicted molar refractivity (Wildman–Crippen MR) is 48.7 cm³/mol. The van der Waals surface area contributed by atoms with Crippen molar-refractivity contribution in [3.8, 4) is 0 Å². The number of rotatable bonds is 4. The minimum Gasteiger partial charge on any atom is -0.466 e. The average Bonchev–Trinajstić information content (AvgIpc) is 2.11. The van der Waals surface area contributed by atoms with E-state index in [-0.39, 0.29) is 5.97 Å². The van der Waals surface area contributed by atoms with Crippen molar-refractivity contribution in [2.75, 3.05) is 13.7 Å². The molecular weight excluding hydrogens is 154 g/mol. The Hall–Kier alpha value is -0.990. The third-order valence-corrected chi connectivity index (χ3v) is 1.69. The number of nitrogens with one attached hydrogen (secondary N) is 1. The number of carbonyl (C=O) groups excluding carboxylic acids is 1. The van der Waals surface area contributed by atoms with Crippen molar-refractivity contribution in [1.82, 2.24) is 5.32 Å². The van der Waals surface area contributed by atoms with E-state index in [1.165, 1.54) is 7.11 Å². The van der Waals surface area contributed by atoms with E-state index < -0.39 is 0 Å². The Kier molecular flexibility index (Phi) is 5.17. The maximum Gasteiger partial charge on any atom is 0.335 e. The maximum atomic E-state index is 11.1. The normalized spacial score (nSPS) is 12.0. The lowest BCUT2D eigenvalue weighted by Gasteiger charge is -2.09. The van der Waals surface area contributed by atoms with Crippen LogP contribution in [0.25, 0.3) is 0 Å². The van der Waals surface area contributed by atoms with E-state index >= 15 is 0 Å². The molecule has 3 heteroatoms. The fourth-order valence-corrected chi connectivity index (χ4v) is 1.01. The lowest BCUT2D eigenvalue weighted by atomic mass is 10.2. The Morgan fingerprint density at radius 3 is 2.33 bits per heavy atom. The van der Waals surface area contributed by atoms with Gasteiger partial charge in [-0.2, -0.15) is 0 Å². The Balaban J connectivity index is 4.47. The third kappa shape index (κ3) is 2.95. The van der Waals surface area contributed by atoms with E-state index in [2.05, 4.69) is 10.1 Å². The highest BCUT2D eigenvalue weighted by atomic mass is 16.5. The monoisotopic (exact) mass is 171 g/mol. The molecule has 0 aromatic heterocycles. The second kappa shape index (κ2) is 5.63. The number of hydrogen-bond donors (Lipinski definition) is 1. The van der Waals surface area contributed by atoms with Crippen LogP contribution in [0.15, 0.2) is 11.3 Å². The largest absolute Gasteiger partial charge is 0.466 e. The van der Waals surface area contributed by atoms with E-state index in [1.54, 1.807) is 6.92 Å². The fraction of sp³-hybridized carbons (Fsp3) is 0.667. The Morgan fingerprint density at radius 2 is 2.00 bits per heavy atom. The van der Waals surface area contributed by atoms with Crippen LogP contribution < -0.4 is 5.32 Å². The summed E-state index contributed by atoms with van der Waals surface area (Å²) in [6.45, 7) is 6.61. The summed E-state index contributed by atoms with van der Waals surface area (Å²) in [6.07, 6.45) is 0.828. The van der Waals surface area contributed by atoms with Gasteiger partial charge in [-0.25, -0.2) is 4.79 Å². The first kappa shape index (κ1) is 11.0. The topological polar surface area (TPSA) is 38.3 Å². The molecule has 0 radical (unpaired) electrons. The van der Waals surface area contributed by atoms with Gasteiger partial charge in [0, 0.05) is 12.2 Å². The van der Waals surface area contributed by atoms with Gasteiger partial charge in [0.2, 0.25) is 0 Å². The summed E-state index contributed by atoms with van der Waals surface area (Å²) in [6, 6.07) is 0. The molecule has 0 atom stereocenters. The first-order valence-electron chi connectivity index (χ1n) is 4.19. The minimum absolute atomic E-state index is 0.257. The number of esters is 1. The highest BCUT2D eigenvalue weighted by Gasteiger charge is 2.08. The molecule has 0 bridgehead atoms. The molecule has 0 amide bonds. The summed E-state index contributed by atoms with van der Waals surface area (Å²) < 4.78 is 4.60. The molecule has 0 saturated carbocycles. The van der Waals surface area contributed by atoms with Crippen LogP contribution >= 0.6 is 0 Å². The summed E-state index contributed by atoms with van der Waals surface area (Å²) in [7, 11) is 1.39. The standard InChI is InChI=1S/C9H17NO2/c1-5-8(10-6-2)7(3)9(11)12-4/h10H,5-6H2,1-4H3. The molecule has 3 nitrogen and oxygen atoms in total. The summed E-state index contributed by atoms with van der Waals surface area (Å²) in [5.41, 5.74) is 1.63. The summed E-state index contributed by atoms with van der Waals surface area (Å²) >= 11 is 0. The van der Waals surface area contributed by atoms with Gasteiger partial charge in [0.15, 0.2) is 0 Å². The second-order valence-electron chi connectivity index (χ2n) is 2.48. The molecular formula is C9H17NO2. The van der Waals surface area contributed by atoms with Gasteiger partial charge in [0.25, 0.3) is 0 Å². The molecule has 0 unspecified atom stereocenters. The minimum atomic E-state index is -0.257. The molecule has 0 aromatic carbocycles. The summed E-state index contributed by atoms with van der Waals surface area (Å²) in [5, 5.41) is 3.13. The van der Waals surface area contributed by atoms with Gasteiger partial charge in [0.05, 0.1) is 12.7 Å². The Bertz CT molecular complexity index is 185. The molecule has 0 aliphatic heterocycles. The summed E-state index contributed by atoms with van der Waals surface area (Å²) in [5.74, 6) is -0.257. The maximum absolute atomic E-state index is 11.1. The van der Waals surface area contributed by atoms with Gasteiger partial charge in [0.1, 0.15) is 0 Å². The molecule has 0 aliphatic carbocycles. The van der Waals surface area contributed by atoms with Crippen LogP contribution in [0.4, 0.5) is 0 Å². The van der Waals surface area contributed by atoms with Crippen molar-refractivity contribution < 1.29 is 9.53 Å². The quantitative estimate of drug-likeness (QED) is 0.514. The molecule has 12 heavy (non-hydrogen) atoms. The lowest BCUT2D eigenvalue weighted by Crippen LogP contribution is -2.17. The van der Waals surface area contributed by atoms with Crippen LogP contribution in [0.5, 0.6) is 0 Å². The van der Waals surface area contributed by atoms with Crippen LogP contribution in [0.1, 0.15) is 27.2 Å². The smallest absolute Gasteiger partial charge is 0.335 e. The van der Waals surface area contributed by atoms with Crippen molar-refractivity contribution in [1.29, 1.82) is 0 Å². The van der Waals surface area contributed by atoms with Gasteiger partial charge in [-0.05, 0) is 20.3 Å². The van der Waals surface area contributed by atoms with Crippen LogP contribution in [0, 0.1) is 0 Å². The number of ether oxygens (including phenoxy) is 1. The van der Waals surface area contributed by atoms with Crippen LogP contribution in [0.2, 0.25) is 0 Å². The van der Waals surface area contributed by atoms with Crippen molar-refractivity contribution >= 4 is 5.97 Å². The van der Waals surface area contributed by atoms with Gasteiger partial charge in [-0.1, -0.05) is 6.92 Å². The predicted octanol–water partition coefficient (Wildman–Crippen LogP) is 1.45. The number of allylic oxidation sites excluding steroid dienone is 1. The Morgan fingerprint density at radius 1 is 1.42 bits per heavy atom. The molecule has 0 rings (SSSR count). The molecule has 70 valence electrons. The molecule has 0 heterocycles.